The Balaban J connectivity index is 1.97. The van der Waals surface area contributed by atoms with E-state index in [1.807, 2.05) is 6.92 Å². The Labute approximate surface area is 113 Å². The van der Waals surface area contributed by atoms with Crippen LogP contribution in [-0.4, -0.2) is 16.5 Å². The van der Waals surface area contributed by atoms with E-state index in [-0.39, 0.29) is 10.6 Å². The average molecular weight is 263 g/mol. The molecule has 0 spiro atoms. The zero-order valence-corrected chi connectivity index (χ0v) is 11.6. The Morgan fingerprint density at radius 2 is 2.11 bits per heavy atom. The Bertz CT molecular complexity index is 454. The number of aromatic nitrogens is 1. The van der Waals surface area contributed by atoms with Crippen LogP contribution in [0.5, 0.6) is 0 Å². The van der Waals surface area contributed by atoms with Crippen LogP contribution in [0.4, 0.5) is 11.5 Å². The molecule has 1 heterocycles. The normalized spacial score (nSPS) is 23.1. The third kappa shape index (κ3) is 3.66. The summed E-state index contributed by atoms with van der Waals surface area (Å²) in [4.78, 5) is 14.8. The second-order valence-electron chi connectivity index (χ2n) is 5.64. The second-order valence-corrected chi connectivity index (χ2v) is 5.64. The molecule has 104 valence electrons. The van der Waals surface area contributed by atoms with Gasteiger partial charge >= 0.3 is 5.69 Å². The van der Waals surface area contributed by atoms with Crippen molar-refractivity contribution in [2.24, 2.45) is 11.8 Å². The summed E-state index contributed by atoms with van der Waals surface area (Å²) >= 11 is 0. The summed E-state index contributed by atoms with van der Waals surface area (Å²) in [6, 6.07) is 1.57. The number of pyridine rings is 1. The Hall–Kier alpha value is -1.65. The van der Waals surface area contributed by atoms with E-state index in [1.54, 1.807) is 12.3 Å². The number of nitro groups is 1. The maximum Gasteiger partial charge on any atom is 0.311 e. The highest BCUT2D eigenvalue weighted by Crippen LogP contribution is 2.29. The molecule has 1 saturated carbocycles. The monoisotopic (exact) mass is 263 g/mol. The molecule has 1 aliphatic carbocycles. The number of rotatable bonds is 4. The molecule has 0 atom stereocenters. The van der Waals surface area contributed by atoms with Gasteiger partial charge < -0.3 is 5.32 Å². The molecule has 0 bridgehead atoms. The van der Waals surface area contributed by atoms with Crippen LogP contribution in [0, 0.1) is 28.9 Å². The van der Waals surface area contributed by atoms with Crippen molar-refractivity contribution in [2.75, 3.05) is 11.9 Å². The van der Waals surface area contributed by atoms with E-state index in [1.165, 1.54) is 25.7 Å². The zero-order chi connectivity index (χ0) is 13.8. The summed E-state index contributed by atoms with van der Waals surface area (Å²) < 4.78 is 0. The predicted octanol–water partition coefficient (Wildman–Crippen LogP) is 3.54. The third-order valence-electron chi connectivity index (χ3n) is 3.89. The second kappa shape index (κ2) is 5.99. The van der Waals surface area contributed by atoms with Crippen LogP contribution in [-0.2, 0) is 0 Å². The molecule has 0 aromatic carbocycles. The molecule has 19 heavy (non-hydrogen) atoms. The highest BCUT2D eigenvalue weighted by molar-refractivity contribution is 5.56. The van der Waals surface area contributed by atoms with Gasteiger partial charge in [0.2, 0.25) is 5.82 Å². The van der Waals surface area contributed by atoms with Crippen molar-refractivity contribution in [2.45, 2.75) is 39.5 Å². The van der Waals surface area contributed by atoms with Crippen LogP contribution >= 0.6 is 0 Å². The van der Waals surface area contributed by atoms with E-state index in [4.69, 9.17) is 0 Å². The summed E-state index contributed by atoms with van der Waals surface area (Å²) in [5.74, 6) is 1.83. The van der Waals surface area contributed by atoms with E-state index >= 15 is 0 Å². The van der Waals surface area contributed by atoms with Gasteiger partial charge in [0.15, 0.2) is 0 Å². The standard InChI is InChI=1S/C14H21N3O2/c1-10-3-5-12(6-4-10)9-16-14-13(17(18)19)7-11(2)8-15-14/h7-8,10,12H,3-6,9H2,1-2H3,(H,15,16). The quantitative estimate of drug-likeness (QED) is 0.666. The van der Waals surface area contributed by atoms with Crippen molar-refractivity contribution in [3.63, 3.8) is 0 Å². The first-order chi connectivity index (χ1) is 9.06. The Kier molecular flexibility index (Phi) is 4.35. The molecule has 1 aromatic heterocycles. The van der Waals surface area contributed by atoms with E-state index in [2.05, 4.69) is 17.2 Å². The molecule has 0 aliphatic heterocycles. The minimum absolute atomic E-state index is 0.0733. The number of hydrogen-bond donors (Lipinski definition) is 1. The molecule has 0 amide bonds. The van der Waals surface area contributed by atoms with Crippen molar-refractivity contribution < 1.29 is 4.92 Å². The fraction of sp³-hybridized carbons (Fsp3) is 0.643. The first kappa shape index (κ1) is 13.8. The number of hydrogen-bond acceptors (Lipinski definition) is 4. The van der Waals surface area contributed by atoms with Crippen molar-refractivity contribution in [1.29, 1.82) is 0 Å². The van der Waals surface area contributed by atoms with Crippen LogP contribution in [0.1, 0.15) is 38.2 Å². The van der Waals surface area contributed by atoms with Crippen molar-refractivity contribution in [3.8, 4) is 0 Å². The molecule has 1 fully saturated rings. The van der Waals surface area contributed by atoms with Crippen LogP contribution in [0.25, 0.3) is 0 Å². The van der Waals surface area contributed by atoms with Crippen molar-refractivity contribution >= 4 is 11.5 Å². The van der Waals surface area contributed by atoms with Crippen LogP contribution in [0.2, 0.25) is 0 Å². The third-order valence-corrected chi connectivity index (χ3v) is 3.89. The van der Waals surface area contributed by atoms with Crippen molar-refractivity contribution in [1.82, 2.24) is 4.98 Å². The average Bonchev–Trinajstić information content (AvgIpc) is 2.39. The molecule has 1 N–H and O–H groups in total. The Morgan fingerprint density at radius 1 is 1.42 bits per heavy atom. The summed E-state index contributed by atoms with van der Waals surface area (Å²) in [5, 5.41) is 14.1. The molecule has 0 unspecified atom stereocenters. The number of nitrogens with zero attached hydrogens (tertiary/aromatic N) is 2. The van der Waals surface area contributed by atoms with Gasteiger partial charge in [0.05, 0.1) is 4.92 Å². The molecule has 5 heteroatoms. The molecule has 2 rings (SSSR count). The minimum Gasteiger partial charge on any atom is -0.364 e. The summed E-state index contributed by atoms with van der Waals surface area (Å²) in [7, 11) is 0. The van der Waals surface area contributed by atoms with Gasteiger partial charge in [-0.2, -0.15) is 0 Å². The maximum absolute atomic E-state index is 11.0. The molecule has 0 radical (unpaired) electrons. The summed E-state index contributed by atoms with van der Waals surface area (Å²) in [6.45, 7) is 4.88. The van der Waals surface area contributed by atoms with Crippen LogP contribution in [0.15, 0.2) is 12.3 Å². The van der Waals surface area contributed by atoms with Crippen LogP contribution in [0.3, 0.4) is 0 Å². The van der Waals surface area contributed by atoms with E-state index in [9.17, 15) is 10.1 Å². The largest absolute Gasteiger partial charge is 0.364 e. The maximum atomic E-state index is 11.0. The van der Waals surface area contributed by atoms with Gasteiger partial charge in [0.25, 0.3) is 0 Å². The molecule has 1 aliphatic rings. The van der Waals surface area contributed by atoms with Gasteiger partial charge in [-0.15, -0.1) is 0 Å². The lowest BCUT2D eigenvalue weighted by Gasteiger charge is -2.26. The van der Waals surface area contributed by atoms with Gasteiger partial charge in [-0.25, -0.2) is 4.98 Å². The fourth-order valence-electron chi connectivity index (χ4n) is 2.60. The first-order valence-corrected chi connectivity index (χ1v) is 6.91. The lowest BCUT2D eigenvalue weighted by molar-refractivity contribution is -0.384. The predicted molar refractivity (Wildman–Crippen MR) is 75.2 cm³/mol. The van der Waals surface area contributed by atoms with E-state index < -0.39 is 0 Å². The minimum atomic E-state index is -0.370. The molecule has 5 nitrogen and oxygen atoms in total. The van der Waals surface area contributed by atoms with E-state index in [0.717, 1.165) is 18.0 Å². The first-order valence-electron chi connectivity index (χ1n) is 6.91. The number of aryl methyl sites for hydroxylation is 1. The lowest BCUT2D eigenvalue weighted by atomic mass is 9.83. The Morgan fingerprint density at radius 3 is 2.74 bits per heavy atom. The fourth-order valence-corrected chi connectivity index (χ4v) is 2.60. The summed E-state index contributed by atoms with van der Waals surface area (Å²) in [6.07, 6.45) is 6.59. The van der Waals surface area contributed by atoms with Gasteiger partial charge in [-0.3, -0.25) is 10.1 Å². The highest BCUT2D eigenvalue weighted by Gasteiger charge is 2.20. The topological polar surface area (TPSA) is 68.1 Å². The van der Waals surface area contributed by atoms with E-state index in [0.29, 0.717) is 11.7 Å². The summed E-state index contributed by atoms with van der Waals surface area (Å²) in [5.41, 5.74) is 0.882. The smallest absolute Gasteiger partial charge is 0.311 e. The van der Waals surface area contributed by atoms with Crippen LogP contribution < -0.4 is 5.32 Å². The van der Waals surface area contributed by atoms with Gasteiger partial charge in [0.1, 0.15) is 0 Å². The lowest BCUT2D eigenvalue weighted by Crippen LogP contribution is -2.20. The van der Waals surface area contributed by atoms with Gasteiger partial charge in [0, 0.05) is 18.8 Å². The molecular weight excluding hydrogens is 242 g/mol. The highest BCUT2D eigenvalue weighted by atomic mass is 16.6. The number of anilines is 1. The van der Waals surface area contributed by atoms with Crippen molar-refractivity contribution in [3.05, 3.63) is 27.9 Å². The zero-order valence-electron chi connectivity index (χ0n) is 11.6. The molecule has 1 aromatic rings. The molecule has 0 saturated heterocycles. The number of nitrogens with one attached hydrogen (secondary N) is 1. The van der Waals surface area contributed by atoms with Gasteiger partial charge in [-0.05, 0) is 37.2 Å². The van der Waals surface area contributed by atoms with Gasteiger partial charge in [-0.1, -0.05) is 19.8 Å². The SMILES string of the molecule is Cc1cnc(NCC2CCC(C)CC2)c([N+](=O)[O-])c1. The molecular formula is C14H21N3O2.